The molecular weight excluding hydrogens is 500 g/mol. The van der Waals surface area contributed by atoms with Gasteiger partial charge in [0, 0.05) is 29.6 Å². The molecule has 0 unspecified atom stereocenters. The Morgan fingerprint density at radius 3 is 2.26 bits per heavy atom. The van der Waals surface area contributed by atoms with Crippen LogP contribution in [0.4, 0.5) is 0 Å². The van der Waals surface area contributed by atoms with Gasteiger partial charge < -0.3 is 26.5 Å². The molecule has 2 amide bonds. The van der Waals surface area contributed by atoms with E-state index in [1.807, 2.05) is 30.5 Å². The van der Waals surface area contributed by atoms with E-state index in [1.54, 1.807) is 24.3 Å². The summed E-state index contributed by atoms with van der Waals surface area (Å²) in [5, 5.41) is 17.0. The molecule has 2 aromatic carbocycles. The third-order valence-corrected chi connectivity index (χ3v) is 9.00. The zero-order chi connectivity index (χ0) is 25.5. The van der Waals surface area contributed by atoms with Crippen LogP contribution < -0.4 is 16.4 Å². The Labute approximate surface area is 229 Å². The van der Waals surface area contributed by atoms with Gasteiger partial charge in [0.15, 0.2) is 0 Å². The van der Waals surface area contributed by atoms with Crippen LogP contribution in [0, 0.1) is 23.7 Å². The number of hydrogen-bond acceptors (Lipinski definition) is 4. The summed E-state index contributed by atoms with van der Waals surface area (Å²) in [5.74, 6) is 2.47. The number of aromatic amines is 1. The maximum atomic E-state index is 13.7. The quantitative estimate of drug-likeness (QED) is 0.300. The van der Waals surface area contributed by atoms with Gasteiger partial charge in [-0.2, -0.15) is 0 Å². The van der Waals surface area contributed by atoms with Crippen molar-refractivity contribution in [1.82, 2.24) is 15.6 Å². The number of hydrogen-bond donors (Lipinski definition) is 5. The maximum Gasteiger partial charge on any atom is 0.243 e. The number of phenolic OH excluding ortho intramolecular Hbond substituents is 1. The minimum Gasteiger partial charge on any atom is -0.508 e. The highest BCUT2D eigenvalue weighted by Crippen LogP contribution is 2.53. The van der Waals surface area contributed by atoms with Crippen molar-refractivity contribution in [3.8, 4) is 5.75 Å². The van der Waals surface area contributed by atoms with Crippen LogP contribution >= 0.6 is 12.4 Å². The van der Waals surface area contributed by atoms with Crippen LogP contribution in [0.2, 0.25) is 0 Å². The summed E-state index contributed by atoms with van der Waals surface area (Å²) in [6.45, 7) is 0. The molecule has 4 bridgehead atoms. The maximum absolute atomic E-state index is 13.7. The molecule has 0 spiro atoms. The summed E-state index contributed by atoms with van der Waals surface area (Å²) in [5.41, 5.74) is 9.12. The van der Waals surface area contributed by atoms with Gasteiger partial charge in [-0.05, 0) is 91.5 Å². The summed E-state index contributed by atoms with van der Waals surface area (Å²) in [6.07, 6.45) is 8.87. The molecule has 38 heavy (non-hydrogen) atoms. The van der Waals surface area contributed by atoms with Crippen molar-refractivity contribution in [2.75, 3.05) is 0 Å². The van der Waals surface area contributed by atoms with Crippen molar-refractivity contribution < 1.29 is 14.7 Å². The molecule has 7 rings (SSSR count). The van der Waals surface area contributed by atoms with Crippen LogP contribution in [-0.2, 0) is 22.4 Å². The Hall–Kier alpha value is -3.03. The van der Waals surface area contributed by atoms with Crippen LogP contribution in [0.3, 0.4) is 0 Å². The molecule has 2 atom stereocenters. The highest BCUT2D eigenvalue weighted by Gasteiger charge is 2.49. The number of H-pyrrole nitrogens is 1. The molecule has 4 saturated carbocycles. The molecule has 0 saturated heterocycles. The number of carbonyl (C=O) groups excluding carboxylic acids is 2. The Kier molecular flexibility index (Phi) is 7.68. The molecule has 202 valence electrons. The molecule has 0 aliphatic heterocycles. The van der Waals surface area contributed by atoms with Crippen LogP contribution in [0.1, 0.15) is 43.2 Å². The lowest BCUT2D eigenvalue weighted by Crippen LogP contribution is -2.60. The Bertz CT molecular complexity index is 1260. The Morgan fingerprint density at radius 1 is 0.921 bits per heavy atom. The number of phenols is 1. The number of benzene rings is 2. The highest BCUT2D eigenvalue weighted by atomic mass is 35.5. The lowest BCUT2D eigenvalue weighted by Gasteiger charge is -2.54. The molecule has 1 heterocycles. The third kappa shape index (κ3) is 5.40. The monoisotopic (exact) mass is 536 g/mol. The first kappa shape index (κ1) is 26.6. The number of amides is 2. The van der Waals surface area contributed by atoms with Gasteiger partial charge >= 0.3 is 0 Å². The van der Waals surface area contributed by atoms with E-state index in [1.165, 1.54) is 32.1 Å². The van der Waals surface area contributed by atoms with Crippen LogP contribution in [0.5, 0.6) is 5.75 Å². The fourth-order valence-corrected chi connectivity index (χ4v) is 7.41. The molecular formula is C30H37ClN4O3. The van der Waals surface area contributed by atoms with Gasteiger partial charge in [-0.15, -0.1) is 12.4 Å². The van der Waals surface area contributed by atoms with Crippen molar-refractivity contribution in [3.05, 3.63) is 65.9 Å². The predicted octanol–water partition coefficient (Wildman–Crippen LogP) is 3.83. The third-order valence-electron chi connectivity index (χ3n) is 9.00. The Morgan fingerprint density at radius 2 is 1.58 bits per heavy atom. The zero-order valence-electron chi connectivity index (χ0n) is 21.4. The molecule has 0 radical (unpaired) electrons. The normalized spacial score (nSPS) is 26.9. The molecule has 4 aliphatic rings. The van der Waals surface area contributed by atoms with Gasteiger partial charge in [-0.3, -0.25) is 9.59 Å². The summed E-state index contributed by atoms with van der Waals surface area (Å²) in [6, 6.07) is 13.4. The number of aromatic hydroxyl groups is 1. The van der Waals surface area contributed by atoms with E-state index < -0.39 is 12.1 Å². The van der Waals surface area contributed by atoms with E-state index in [-0.39, 0.29) is 36.0 Å². The first-order chi connectivity index (χ1) is 17.9. The summed E-state index contributed by atoms with van der Waals surface area (Å²) >= 11 is 0. The van der Waals surface area contributed by atoms with Crippen molar-refractivity contribution in [2.45, 2.75) is 63.1 Å². The van der Waals surface area contributed by atoms with Crippen molar-refractivity contribution >= 4 is 35.1 Å². The number of rotatable bonds is 8. The highest BCUT2D eigenvalue weighted by molar-refractivity contribution is 5.91. The first-order valence-electron chi connectivity index (χ1n) is 13.6. The van der Waals surface area contributed by atoms with Gasteiger partial charge in [0.25, 0.3) is 0 Å². The van der Waals surface area contributed by atoms with Crippen molar-refractivity contribution in [1.29, 1.82) is 0 Å². The van der Waals surface area contributed by atoms with Crippen LogP contribution in [-0.4, -0.2) is 40.0 Å². The average Bonchev–Trinajstić information content (AvgIpc) is 3.29. The van der Waals surface area contributed by atoms with Crippen LogP contribution in [0.25, 0.3) is 10.9 Å². The summed E-state index contributed by atoms with van der Waals surface area (Å²) in [4.78, 5) is 30.2. The topological polar surface area (TPSA) is 120 Å². The molecule has 8 heteroatoms. The van der Waals surface area contributed by atoms with E-state index in [0.717, 1.165) is 33.9 Å². The van der Waals surface area contributed by atoms with Gasteiger partial charge in [0.05, 0.1) is 6.04 Å². The fraction of sp³-hybridized carbons (Fsp3) is 0.467. The van der Waals surface area contributed by atoms with E-state index in [9.17, 15) is 14.7 Å². The minimum absolute atomic E-state index is 0. The van der Waals surface area contributed by atoms with E-state index >= 15 is 0 Å². The van der Waals surface area contributed by atoms with Crippen molar-refractivity contribution in [2.24, 2.45) is 29.4 Å². The standard InChI is InChI=1S/C30H36N4O3.ClH/c31-25(14-17-5-7-23(35)8-6-17)29(36)33-27(15-22-16-32-26-4-2-1-3-24(22)26)30(37)34-28-20-10-18-9-19(12-20)13-21(28)11-18;/h1-8,16,18-21,25,27-28,32,35H,9-15,31H2,(H,33,36)(H,34,37);1H/t18?,19?,20?,21?,25-,27+,28?;/m0./s1. The lowest BCUT2D eigenvalue weighted by atomic mass is 9.54. The van der Waals surface area contributed by atoms with E-state index in [0.29, 0.717) is 24.7 Å². The van der Waals surface area contributed by atoms with Gasteiger partial charge in [0.2, 0.25) is 11.8 Å². The number of aromatic nitrogens is 1. The molecule has 4 fully saturated rings. The van der Waals surface area contributed by atoms with Gasteiger partial charge in [-0.1, -0.05) is 30.3 Å². The number of nitrogens with one attached hydrogen (secondary N) is 3. The van der Waals surface area contributed by atoms with E-state index in [4.69, 9.17) is 5.73 Å². The largest absolute Gasteiger partial charge is 0.508 e. The molecule has 7 nitrogen and oxygen atoms in total. The minimum atomic E-state index is -0.802. The first-order valence-corrected chi connectivity index (χ1v) is 13.6. The molecule has 3 aromatic rings. The fourth-order valence-electron chi connectivity index (χ4n) is 7.41. The second-order valence-electron chi connectivity index (χ2n) is 11.6. The van der Waals surface area contributed by atoms with Crippen LogP contribution in [0.15, 0.2) is 54.7 Å². The Balaban J connectivity index is 0.00000294. The summed E-state index contributed by atoms with van der Waals surface area (Å²) < 4.78 is 0. The zero-order valence-corrected chi connectivity index (χ0v) is 22.3. The lowest BCUT2D eigenvalue weighted by molar-refractivity contribution is -0.131. The molecule has 6 N–H and O–H groups in total. The SMILES string of the molecule is Cl.N[C@@H](Cc1ccc(O)cc1)C(=O)N[C@H](Cc1c[nH]c2ccccc12)C(=O)NC1C2CC3CC(C2)CC1C3. The second-order valence-corrected chi connectivity index (χ2v) is 11.6. The number of carbonyl (C=O) groups is 2. The number of halogens is 1. The van der Waals surface area contributed by atoms with E-state index in [2.05, 4.69) is 15.6 Å². The van der Waals surface area contributed by atoms with Gasteiger partial charge in [0.1, 0.15) is 11.8 Å². The van der Waals surface area contributed by atoms with Crippen molar-refractivity contribution in [3.63, 3.8) is 0 Å². The predicted molar refractivity (Wildman–Crippen MR) is 150 cm³/mol. The number of para-hydroxylation sites is 1. The number of nitrogens with two attached hydrogens (primary N) is 1. The number of fused-ring (bicyclic) bond motifs is 1. The van der Waals surface area contributed by atoms with Gasteiger partial charge in [-0.25, -0.2) is 0 Å². The summed E-state index contributed by atoms with van der Waals surface area (Å²) in [7, 11) is 0. The average molecular weight is 537 g/mol. The smallest absolute Gasteiger partial charge is 0.243 e. The second kappa shape index (κ2) is 11.0. The molecule has 1 aromatic heterocycles. The molecule has 4 aliphatic carbocycles.